The van der Waals surface area contributed by atoms with Crippen LogP contribution in [0.4, 0.5) is 11.4 Å². The van der Waals surface area contributed by atoms with E-state index in [2.05, 4.69) is 10.6 Å². The normalized spacial score (nSPS) is 13.0. The number of hydrogen-bond acceptors (Lipinski definition) is 6. The van der Waals surface area contributed by atoms with Crippen LogP contribution in [0.15, 0.2) is 48.5 Å². The first kappa shape index (κ1) is 21.1. The van der Waals surface area contributed by atoms with E-state index in [1.807, 2.05) is 26.0 Å². The van der Waals surface area contributed by atoms with Crippen molar-refractivity contribution in [3.63, 3.8) is 0 Å². The van der Waals surface area contributed by atoms with Crippen LogP contribution >= 0.6 is 18.9 Å². The standard InChI is InChI=1S/C20H21N2O5PS/c1-12-4-9-17(13(2)10-12)28(26,27-3)22-16-11-18(29-19(16)20(23)24)14-5-7-15(21-25)8-6-14/h4-11,21,25H,1-3H3,(H,22,26)(H,23,24). The smallest absolute Gasteiger partial charge is 0.348 e. The minimum absolute atomic E-state index is 0.0337. The monoisotopic (exact) mass is 432 g/mol. The molecule has 0 aliphatic rings. The van der Waals surface area contributed by atoms with E-state index >= 15 is 0 Å². The summed E-state index contributed by atoms with van der Waals surface area (Å²) in [5.41, 5.74) is 5.38. The van der Waals surface area contributed by atoms with Gasteiger partial charge >= 0.3 is 13.5 Å². The topological polar surface area (TPSA) is 108 Å². The number of benzene rings is 2. The molecule has 29 heavy (non-hydrogen) atoms. The van der Waals surface area contributed by atoms with Gasteiger partial charge in [-0.2, -0.15) is 0 Å². The summed E-state index contributed by atoms with van der Waals surface area (Å²) in [6.45, 7) is 3.77. The van der Waals surface area contributed by atoms with Crippen molar-refractivity contribution < 1.29 is 24.2 Å². The lowest BCUT2D eigenvalue weighted by Gasteiger charge is -2.20. The zero-order chi connectivity index (χ0) is 21.2. The van der Waals surface area contributed by atoms with Crippen LogP contribution in [0.25, 0.3) is 10.4 Å². The molecule has 1 heterocycles. The van der Waals surface area contributed by atoms with Crippen LogP contribution in [0.3, 0.4) is 0 Å². The van der Waals surface area contributed by atoms with Gasteiger partial charge in [-0.25, -0.2) is 4.79 Å². The molecule has 0 saturated heterocycles. The molecule has 7 nitrogen and oxygen atoms in total. The third-order valence-corrected chi connectivity index (χ3v) is 7.78. The summed E-state index contributed by atoms with van der Waals surface area (Å²) in [4.78, 5) is 12.5. The number of carboxylic acids is 1. The van der Waals surface area contributed by atoms with Gasteiger partial charge in [0.15, 0.2) is 0 Å². The first-order valence-electron chi connectivity index (χ1n) is 8.67. The number of aryl methyl sites for hydroxylation is 2. The second-order valence-corrected chi connectivity index (χ2v) is 9.71. The van der Waals surface area contributed by atoms with Gasteiger partial charge in [0.05, 0.1) is 16.7 Å². The molecular formula is C20H21N2O5PS. The molecule has 9 heteroatoms. The maximum atomic E-state index is 13.5. The fourth-order valence-corrected chi connectivity index (χ4v) is 5.72. The summed E-state index contributed by atoms with van der Waals surface area (Å²) in [5, 5.41) is 21.9. The zero-order valence-corrected chi connectivity index (χ0v) is 17.8. The quantitative estimate of drug-likeness (QED) is 0.304. The van der Waals surface area contributed by atoms with E-state index in [0.29, 0.717) is 15.9 Å². The van der Waals surface area contributed by atoms with Crippen molar-refractivity contribution in [1.29, 1.82) is 0 Å². The molecule has 4 N–H and O–H groups in total. The average Bonchev–Trinajstić information content (AvgIpc) is 3.11. The van der Waals surface area contributed by atoms with Crippen molar-refractivity contribution in [2.24, 2.45) is 0 Å². The Balaban J connectivity index is 2.03. The van der Waals surface area contributed by atoms with E-state index < -0.39 is 13.5 Å². The first-order valence-corrected chi connectivity index (χ1v) is 11.1. The molecule has 3 rings (SSSR count). The molecule has 3 aromatic rings. The van der Waals surface area contributed by atoms with Gasteiger partial charge in [-0.3, -0.25) is 15.3 Å². The largest absolute Gasteiger partial charge is 0.477 e. The molecular weight excluding hydrogens is 411 g/mol. The van der Waals surface area contributed by atoms with Crippen LogP contribution < -0.4 is 15.9 Å². The summed E-state index contributed by atoms with van der Waals surface area (Å²) in [6.07, 6.45) is 0. The summed E-state index contributed by atoms with van der Waals surface area (Å²) in [5.74, 6) is -1.12. The van der Waals surface area contributed by atoms with Gasteiger partial charge in [0.2, 0.25) is 0 Å². The Hall–Kier alpha value is -2.64. The number of carboxylic acid groups (broad SMARTS) is 1. The number of rotatable bonds is 7. The van der Waals surface area contributed by atoms with E-state index in [9.17, 15) is 14.5 Å². The van der Waals surface area contributed by atoms with Crippen LogP contribution in [0.1, 0.15) is 20.8 Å². The number of nitrogens with one attached hydrogen (secondary N) is 2. The Morgan fingerprint density at radius 1 is 1.10 bits per heavy atom. The van der Waals surface area contributed by atoms with E-state index in [4.69, 9.17) is 9.73 Å². The Kier molecular flexibility index (Phi) is 6.10. The molecule has 0 aliphatic carbocycles. The predicted molar refractivity (Wildman–Crippen MR) is 116 cm³/mol. The SMILES string of the molecule is COP(=O)(Nc1cc(-c2ccc(NO)cc2)sc1C(=O)O)c1ccc(C)cc1C. The van der Waals surface area contributed by atoms with Crippen molar-refractivity contribution >= 4 is 41.5 Å². The van der Waals surface area contributed by atoms with E-state index in [1.165, 1.54) is 7.11 Å². The van der Waals surface area contributed by atoms with Gasteiger partial charge in [-0.15, -0.1) is 11.3 Å². The van der Waals surface area contributed by atoms with Crippen molar-refractivity contribution in [2.75, 3.05) is 17.7 Å². The summed E-state index contributed by atoms with van der Waals surface area (Å²) in [7, 11) is -2.20. The number of hydrogen-bond donors (Lipinski definition) is 4. The lowest BCUT2D eigenvalue weighted by molar-refractivity contribution is 0.0703. The predicted octanol–water partition coefficient (Wildman–Crippen LogP) is 5.11. The van der Waals surface area contributed by atoms with Crippen LogP contribution in [-0.4, -0.2) is 23.4 Å². The van der Waals surface area contributed by atoms with Crippen LogP contribution in [0.5, 0.6) is 0 Å². The Morgan fingerprint density at radius 2 is 1.79 bits per heavy atom. The van der Waals surface area contributed by atoms with Gasteiger partial charge in [0.1, 0.15) is 4.88 Å². The van der Waals surface area contributed by atoms with Gasteiger partial charge in [0, 0.05) is 12.0 Å². The molecule has 0 radical (unpaired) electrons. The van der Waals surface area contributed by atoms with Gasteiger partial charge in [0.25, 0.3) is 0 Å². The van der Waals surface area contributed by atoms with E-state index in [-0.39, 0.29) is 10.6 Å². The molecule has 0 amide bonds. The molecule has 1 aromatic heterocycles. The maximum Gasteiger partial charge on any atom is 0.348 e. The van der Waals surface area contributed by atoms with Crippen molar-refractivity contribution in [2.45, 2.75) is 13.8 Å². The summed E-state index contributed by atoms with van der Waals surface area (Å²) in [6, 6.07) is 13.9. The molecule has 0 spiro atoms. The van der Waals surface area contributed by atoms with Gasteiger partial charge in [-0.1, -0.05) is 29.8 Å². The van der Waals surface area contributed by atoms with Crippen molar-refractivity contribution in [3.8, 4) is 10.4 Å². The number of carbonyl (C=O) groups is 1. The zero-order valence-electron chi connectivity index (χ0n) is 16.1. The molecule has 0 saturated carbocycles. The average molecular weight is 432 g/mol. The maximum absolute atomic E-state index is 13.5. The second kappa shape index (κ2) is 8.39. The highest BCUT2D eigenvalue weighted by Gasteiger charge is 2.30. The van der Waals surface area contributed by atoms with Crippen molar-refractivity contribution in [1.82, 2.24) is 0 Å². The number of aromatic carboxylic acids is 1. The van der Waals surface area contributed by atoms with Crippen LogP contribution in [-0.2, 0) is 9.09 Å². The lowest BCUT2D eigenvalue weighted by Crippen LogP contribution is -2.17. The summed E-state index contributed by atoms with van der Waals surface area (Å²) < 4.78 is 18.9. The van der Waals surface area contributed by atoms with Crippen LogP contribution in [0.2, 0.25) is 0 Å². The van der Waals surface area contributed by atoms with E-state index in [1.54, 1.807) is 36.4 Å². The molecule has 0 fully saturated rings. The van der Waals surface area contributed by atoms with Crippen molar-refractivity contribution in [3.05, 3.63) is 64.5 Å². The highest BCUT2D eigenvalue weighted by molar-refractivity contribution is 7.68. The highest BCUT2D eigenvalue weighted by atomic mass is 32.1. The van der Waals surface area contributed by atoms with E-state index in [0.717, 1.165) is 28.0 Å². The molecule has 1 atom stereocenters. The fraction of sp³-hybridized carbons (Fsp3) is 0.150. The van der Waals surface area contributed by atoms with Crippen LogP contribution in [0, 0.1) is 13.8 Å². The Bertz CT molecular complexity index is 1090. The van der Waals surface area contributed by atoms with Gasteiger partial charge < -0.3 is 14.7 Å². The molecule has 2 aromatic carbocycles. The second-order valence-electron chi connectivity index (χ2n) is 6.48. The van der Waals surface area contributed by atoms with Gasteiger partial charge in [-0.05, 0) is 49.2 Å². The fourth-order valence-electron chi connectivity index (χ4n) is 2.98. The minimum atomic E-state index is -3.54. The molecule has 0 aliphatic heterocycles. The first-order chi connectivity index (χ1) is 13.8. The lowest BCUT2D eigenvalue weighted by atomic mass is 10.1. The Morgan fingerprint density at radius 3 is 2.34 bits per heavy atom. The highest BCUT2D eigenvalue weighted by Crippen LogP contribution is 2.48. The molecule has 152 valence electrons. The minimum Gasteiger partial charge on any atom is -0.477 e. The molecule has 0 bridgehead atoms. The summed E-state index contributed by atoms with van der Waals surface area (Å²) >= 11 is 1.07. The number of thiophene rings is 1. The Labute approximate surface area is 172 Å². The third-order valence-electron chi connectivity index (χ3n) is 4.42. The molecule has 1 unspecified atom stereocenters. The number of anilines is 2. The third kappa shape index (κ3) is 4.36.